The molecule has 0 aliphatic carbocycles. The van der Waals surface area contributed by atoms with E-state index in [1.165, 1.54) is 13.2 Å². The second kappa shape index (κ2) is 5.69. The number of aryl methyl sites for hydroxylation is 1. The van der Waals surface area contributed by atoms with Gasteiger partial charge in [-0.3, -0.25) is 4.57 Å². The average Bonchev–Trinajstić information content (AvgIpc) is 2.85. The molecule has 21 heavy (non-hydrogen) atoms. The van der Waals surface area contributed by atoms with Gasteiger partial charge in [0.2, 0.25) is 0 Å². The van der Waals surface area contributed by atoms with Crippen LogP contribution in [0.5, 0.6) is 5.75 Å². The molecule has 0 saturated heterocycles. The van der Waals surface area contributed by atoms with Crippen molar-refractivity contribution in [1.29, 1.82) is 0 Å². The fourth-order valence-corrected chi connectivity index (χ4v) is 2.45. The molecule has 0 radical (unpaired) electrons. The van der Waals surface area contributed by atoms with Gasteiger partial charge in [-0.25, -0.2) is 14.4 Å². The molecule has 0 bridgehead atoms. The van der Waals surface area contributed by atoms with Crippen molar-refractivity contribution in [3.63, 3.8) is 0 Å². The fraction of sp³-hybridized carbons (Fsp3) is 0.200. The van der Waals surface area contributed by atoms with Gasteiger partial charge in [-0.2, -0.15) is 0 Å². The highest BCUT2D eigenvalue weighted by Gasteiger charge is 2.14. The molecule has 2 aromatic heterocycles. The summed E-state index contributed by atoms with van der Waals surface area (Å²) in [5.41, 5.74) is 2.09. The van der Waals surface area contributed by atoms with E-state index in [9.17, 15) is 4.39 Å². The molecule has 0 amide bonds. The van der Waals surface area contributed by atoms with Gasteiger partial charge >= 0.3 is 0 Å². The quantitative estimate of drug-likeness (QED) is 0.694. The monoisotopic (exact) mass is 305 g/mol. The van der Waals surface area contributed by atoms with Gasteiger partial charge in [-0.1, -0.05) is 0 Å². The van der Waals surface area contributed by atoms with Crippen LogP contribution in [0.4, 0.5) is 4.39 Å². The lowest BCUT2D eigenvalue weighted by molar-refractivity contribution is 0.386. The molecule has 6 heteroatoms. The molecule has 1 aromatic carbocycles. The summed E-state index contributed by atoms with van der Waals surface area (Å²) in [5, 5.41) is 0. The minimum Gasteiger partial charge on any atom is -0.494 e. The van der Waals surface area contributed by atoms with E-state index in [0.29, 0.717) is 23.6 Å². The molecule has 3 rings (SSSR count). The van der Waals surface area contributed by atoms with E-state index in [4.69, 9.17) is 16.3 Å². The predicted octanol–water partition coefficient (Wildman–Crippen LogP) is 3.35. The van der Waals surface area contributed by atoms with Crippen molar-refractivity contribution in [2.24, 2.45) is 0 Å². The Balaban J connectivity index is 2.22. The highest BCUT2D eigenvalue weighted by Crippen LogP contribution is 2.24. The van der Waals surface area contributed by atoms with Crippen molar-refractivity contribution in [3.8, 4) is 11.4 Å². The summed E-state index contributed by atoms with van der Waals surface area (Å²) in [4.78, 5) is 8.85. The van der Waals surface area contributed by atoms with Gasteiger partial charge in [0, 0.05) is 24.6 Å². The first-order chi connectivity index (χ1) is 10.2. The van der Waals surface area contributed by atoms with E-state index in [2.05, 4.69) is 9.97 Å². The first-order valence-corrected chi connectivity index (χ1v) is 7.00. The topological polar surface area (TPSA) is 39.9 Å². The lowest BCUT2D eigenvalue weighted by Gasteiger charge is -2.09. The summed E-state index contributed by atoms with van der Waals surface area (Å²) < 4.78 is 20.7. The van der Waals surface area contributed by atoms with Crippen molar-refractivity contribution in [2.45, 2.75) is 6.42 Å². The second-order valence-electron chi connectivity index (χ2n) is 4.47. The maximum absolute atomic E-state index is 14.0. The molecular formula is C15H13ClFN3O. The number of alkyl halides is 1. The number of ether oxygens (including phenoxy) is 1. The molecule has 0 unspecified atom stereocenters. The van der Waals surface area contributed by atoms with Gasteiger partial charge in [0.05, 0.1) is 12.8 Å². The molecule has 0 fully saturated rings. The van der Waals surface area contributed by atoms with Crippen molar-refractivity contribution in [2.75, 3.05) is 13.0 Å². The molecule has 108 valence electrons. The first kappa shape index (κ1) is 13.8. The van der Waals surface area contributed by atoms with Crippen LogP contribution in [-0.2, 0) is 6.42 Å². The number of hydrogen-bond donors (Lipinski definition) is 0. The minimum absolute atomic E-state index is 0.204. The van der Waals surface area contributed by atoms with Gasteiger partial charge < -0.3 is 4.74 Å². The summed E-state index contributed by atoms with van der Waals surface area (Å²) in [6.45, 7) is 0. The second-order valence-corrected chi connectivity index (χ2v) is 4.85. The van der Waals surface area contributed by atoms with Gasteiger partial charge in [0.25, 0.3) is 0 Å². The molecule has 2 heterocycles. The summed E-state index contributed by atoms with van der Waals surface area (Å²) in [7, 11) is 1.44. The number of hydrogen-bond acceptors (Lipinski definition) is 3. The minimum atomic E-state index is -0.426. The smallest absolute Gasteiger partial charge is 0.167 e. The molecule has 0 atom stereocenters. The number of imidazole rings is 1. The summed E-state index contributed by atoms with van der Waals surface area (Å²) in [5.74, 6) is 0.963. The zero-order valence-electron chi connectivity index (χ0n) is 11.4. The Morgan fingerprint density at radius 3 is 2.90 bits per heavy atom. The van der Waals surface area contributed by atoms with E-state index in [1.807, 2.05) is 16.7 Å². The Kier molecular flexibility index (Phi) is 3.75. The van der Waals surface area contributed by atoms with Crippen LogP contribution in [0.25, 0.3) is 16.9 Å². The zero-order valence-corrected chi connectivity index (χ0v) is 12.1. The molecule has 3 aromatic rings. The number of aromatic nitrogens is 3. The normalized spacial score (nSPS) is 11.0. The first-order valence-electron chi connectivity index (χ1n) is 6.47. The summed E-state index contributed by atoms with van der Waals surface area (Å²) >= 11 is 5.83. The highest BCUT2D eigenvalue weighted by atomic mass is 35.5. The van der Waals surface area contributed by atoms with Crippen LogP contribution < -0.4 is 4.74 Å². The fourth-order valence-electron chi connectivity index (χ4n) is 2.28. The van der Waals surface area contributed by atoms with E-state index < -0.39 is 5.82 Å². The number of rotatable bonds is 4. The van der Waals surface area contributed by atoms with Crippen molar-refractivity contribution in [1.82, 2.24) is 14.5 Å². The highest BCUT2D eigenvalue weighted by molar-refractivity contribution is 6.17. The zero-order chi connectivity index (χ0) is 14.8. The largest absolute Gasteiger partial charge is 0.494 e. The third kappa shape index (κ3) is 2.45. The van der Waals surface area contributed by atoms with Gasteiger partial charge in [-0.15, -0.1) is 11.6 Å². The predicted molar refractivity (Wildman–Crippen MR) is 79.8 cm³/mol. The van der Waals surface area contributed by atoms with E-state index >= 15 is 0 Å². The lowest BCUT2D eigenvalue weighted by Crippen LogP contribution is -2.03. The Hall–Kier alpha value is -2.14. The average molecular weight is 306 g/mol. The van der Waals surface area contributed by atoms with Crippen LogP contribution in [0.15, 0.2) is 36.5 Å². The third-order valence-electron chi connectivity index (χ3n) is 3.20. The van der Waals surface area contributed by atoms with Gasteiger partial charge in [0.1, 0.15) is 11.3 Å². The molecule has 0 saturated carbocycles. The van der Waals surface area contributed by atoms with Crippen LogP contribution in [0, 0.1) is 5.82 Å². The molecular weight excluding hydrogens is 293 g/mol. The van der Waals surface area contributed by atoms with E-state index in [0.717, 1.165) is 11.3 Å². The number of fused-ring (bicyclic) bond motifs is 1. The van der Waals surface area contributed by atoms with E-state index in [1.54, 1.807) is 18.3 Å². The Morgan fingerprint density at radius 2 is 2.19 bits per heavy atom. The van der Waals surface area contributed by atoms with Crippen LogP contribution in [-0.4, -0.2) is 27.5 Å². The van der Waals surface area contributed by atoms with Crippen LogP contribution in [0.2, 0.25) is 0 Å². The van der Waals surface area contributed by atoms with E-state index in [-0.39, 0.29) is 5.75 Å². The standard InChI is InChI=1S/C15H13ClFN3O/c1-21-13-5-4-10(9-11(13)17)20-14(6-7-16)19-12-3-2-8-18-15(12)20/h2-5,8-9H,6-7H2,1H3. The molecule has 4 nitrogen and oxygen atoms in total. The molecule has 0 aliphatic rings. The Bertz CT molecular complexity index is 788. The molecule has 0 aliphatic heterocycles. The number of methoxy groups -OCH3 is 1. The third-order valence-corrected chi connectivity index (χ3v) is 3.39. The van der Waals surface area contributed by atoms with Gasteiger partial charge in [0.15, 0.2) is 17.2 Å². The van der Waals surface area contributed by atoms with Gasteiger partial charge in [-0.05, 0) is 24.3 Å². The number of halogens is 2. The van der Waals surface area contributed by atoms with Crippen molar-refractivity contribution >= 4 is 22.8 Å². The van der Waals surface area contributed by atoms with Crippen LogP contribution in [0.3, 0.4) is 0 Å². The maximum atomic E-state index is 14.0. The van der Waals surface area contributed by atoms with Crippen molar-refractivity contribution < 1.29 is 9.13 Å². The van der Waals surface area contributed by atoms with Crippen molar-refractivity contribution in [3.05, 3.63) is 48.2 Å². The number of benzene rings is 1. The Morgan fingerprint density at radius 1 is 1.33 bits per heavy atom. The number of nitrogens with zero attached hydrogens (tertiary/aromatic N) is 3. The molecule has 0 N–H and O–H groups in total. The summed E-state index contributed by atoms with van der Waals surface area (Å²) in [6, 6.07) is 8.46. The maximum Gasteiger partial charge on any atom is 0.167 e. The Labute approximate surface area is 126 Å². The number of pyridine rings is 1. The summed E-state index contributed by atoms with van der Waals surface area (Å²) in [6.07, 6.45) is 2.26. The van der Waals surface area contributed by atoms with Crippen LogP contribution in [0.1, 0.15) is 5.82 Å². The SMILES string of the molecule is COc1ccc(-n2c(CCCl)nc3cccnc32)cc1F. The van der Waals surface area contributed by atoms with Crippen LogP contribution >= 0.6 is 11.6 Å². The lowest BCUT2D eigenvalue weighted by atomic mass is 10.2. The molecule has 0 spiro atoms.